The minimum Gasteiger partial charge on any atom is -0.467 e. The SMILES string of the molecule is C[C@@H](NC(c1ccccc1)c1ccco1)c1cccnc1. The second-order valence-electron chi connectivity index (χ2n) is 5.03. The van der Waals surface area contributed by atoms with Gasteiger partial charge in [0.1, 0.15) is 5.76 Å². The van der Waals surface area contributed by atoms with E-state index in [0.29, 0.717) is 0 Å². The zero-order valence-corrected chi connectivity index (χ0v) is 11.9. The van der Waals surface area contributed by atoms with Gasteiger partial charge < -0.3 is 4.42 Å². The molecule has 3 aromatic rings. The molecule has 1 aromatic carbocycles. The molecule has 0 radical (unpaired) electrons. The van der Waals surface area contributed by atoms with E-state index in [1.165, 1.54) is 5.56 Å². The van der Waals surface area contributed by atoms with Gasteiger partial charge in [0, 0.05) is 18.4 Å². The number of nitrogens with zero attached hydrogens (tertiary/aromatic N) is 1. The third-order valence-electron chi connectivity index (χ3n) is 3.56. The van der Waals surface area contributed by atoms with Crippen LogP contribution in [0.4, 0.5) is 0 Å². The Kier molecular flexibility index (Phi) is 4.12. The largest absolute Gasteiger partial charge is 0.467 e. The molecule has 0 aliphatic carbocycles. The van der Waals surface area contributed by atoms with Crippen molar-refractivity contribution in [2.75, 3.05) is 0 Å². The minimum atomic E-state index is 0.0245. The van der Waals surface area contributed by atoms with E-state index in [1.807, 2.05) is 42.6 Å². The summed E-state index contributed by atoms with van der Waals surface area (Å²) in [6.07, 6.45) is 5.39. The van der Waals surface area contributed by atoms with Crippen LogP contribution in [0.3, 0.4) is 0 Å². The molecule has 1 unspecified atom stereocenters. The topological polar surface area (TPSA) is 38.1 Å². The van der Waals surface area contributed by atoms with Crippen molar-refractivity contribution in [1.82, 2.24) is 10.3 Å². The number of nitrogens with one attached hydrogen (secondary N) is 1. The lowest BCUT2D eigenvalue weighted by Crippen LogP contribution is -2.25. The molecule has 0 aliphatic heterocycles. The van der Waals surface area contributed by atoms with Crippen LogP contribution >= 0.6 is 0 Å². The Morgan fingerprint density at radius 1 is 0.952 bits per heavy atom. The third kappa shape index (κ3) is 3.20. The molecule has 3 nitrogen and oxygen atoms in total. The number of rotatable bonds is 5. The summed E-state index contributed by atoms with van der Waals surface area (Å²) < 4.78 is 5.61. The van der Waals surface area contributed by atoms with Gasteiger partial charge in [-0.05, 0) is 36.2 Å². The molecule has 2 atom stereocenters. The molecule has 3 rings (SSSR count). The Morgan fingerprint density at radius 3 is 2.43 bits per heavy atom. The van der Waals surface area contributed by atoms with Gasteiger partial charge >= 0.3 is 0 Å². The molecule has 0 saturated heterocycles. The Bertz CT molecular complexity index is 650. The third-order valence-corrected chi connectivity index (χ3v) is 3.56. The monoisotopic (exact) mass is 278 g/mol. The van der Waals surface area contributed by atoms with Crippen LogP contribution in [0.15, 0.2) is 77.7 Å². The zero-order valence-electron chi connectivity index (χ0n) is 11.9. The van der Waals surface area contributed by atoms with Crippen molar-refractivity contribution in [2.24, 2.45) is 0 Å². The number of furan rings is 1. The maximum absolute atomic E-state index is 5.61. The fourth-order valence-corrected chi connectivity index (χ4v) is 2.42. The summed E-state index contributed by atoms with van der Waals surface area (Å²) in [5.74, 6) is 0.914. The molecular weight excluding hydrogens is 260 g/mol. The Hall–Kier alpha value is -2.39. The summed E-state index contributed by atoms with van der Waals surface area (Å²) in [5.41, 5.74) is 2.34. The molecule has 21 heavy (non-hydrogen) atoms. The number of hydrogen-bond acceptors (Lipinski definition) is 3. The molecule has 0 saturated carbocycles. The van der Waals surface area contributed by atoms with Gasteiger partial charge in [-0.25, -0.2) is 0 Å². The normalized spacial score (nSPS) is 13.8. The first-order valence-electron chi connectivity index (χ1n) is 7.09. The Labute approximate surface area is 124 Å². The van der Waals surface area contributed by atoms with Crippen LogP contribution < -0.4 is 5.32 Å². The van der Waals surface area contributed by atoms with Crippen LogP contribution in [-0.2, 0) is 0 Å². The van der Waals surface area contributed by atoms with Gasteiger partial charge in [0.05, 0.1) is 12.3 Å². The van der Waals surface area contributed by atoms with E-state index >= 15 is 0 Å². The molecule has 106 valence electrons. The summed E-state index contributed by atoms with van der Waals surface area (Å²) in [4.78, 5) is 4.19. The smallest absolute Gasteiger partial charge is 0.125 e. The number of pyridine rings is 1. The second-order valence-corrected chi connectivity index (χ2v) is 5.03. The van der Waals surface area contributed by atoms with Crippen molar-refractivity contribution in [1.29, 1.82) is 0 Å². The average molecular weight is 278 g/mol. The molecule has 0 spiro atoms. The lowest BCUT2D eigenvalue weighted by molar-refractivity contribution is 0.419. The maximum Gasteiger partial charge on any atom is 0.125 e. The lowest BCUT2D eigenvalue weighted by atomic mass is 10.0. The molecule has 0 bridgehead atoms. The van der Waals surface area contributed by atoms with Gasteiger partial charge in [0.25, 0.3) is 0 Å². The molecule has 2 aromatic heterocycles. The molecule has 0 fully saturated rings. The van der Waals surface area contributed by atoms with E-state index in [9.17, 15) is 0 Å². The average Bonchev–Trinajstić information content (AvgIpc) is 3.08. The van der Waals surface area contributed by atoms with E-state index in [0.717, 1.165) is 11.3 Å². The summed E-state index contributed by atoms with van der Waals surface area (Å²) in [5, 5.41) is 3.62. The summed E-state index contributed by atoms with van der Waals surface area (Å²) >= 11 is 0. The number of aromatic nitrogens is 1. The highest BCUT2D eigenvalue weighted by Crippen LogP contribution is 2.25. The molecule has 2 heterocycles. The molecule has 0 aliphatic rings. The Morgan fingerprint density at radius 2 is 1.76 bits per heavy atom. The highest BCUT2D eigenvalue weighted by Gasteiger charge is 2.19. The zero-order chi connectivity index (χ0) is 14.5. The van der Waals surface area contributed by atoms with E-state index in [2.05, 4.69) is 35.4 Å². The van der Waals surface area contributed by atoms with Crippen LogP contribution in [0.25, 0.3) is 0 Å². The lowest BCUT2D eigenvalue weighted by Gasteiger charge is -2.22. The van der Waals surface area contributed by atoms with Crippen molar-refractivity contribution in [3.05, 3.63) is 90.1 Å². The molecule has 1 N–H and O–H groups in total. The second kappa shape index (κ2) is 6.37. The van der Waals surface area contributed by atoms with Crippen LogP contribution in [-0.4, -0.2) is 4.98 Å². The predicted molar refractivity (Wildman–Crippen MR) is 82.8 cm³/mol. The van der Waals surface area contributed by atoms with E-state index in [4.69, 9.17) is 4.42 Å². The van der Waals surface area contributed by atoms with Crippen molar-refractivity contribution in [3.8, 4) is 0 Å². The van der Waals surface area contributed by atoms with E-state index in [-0.39, 0.29) is 12.1 Å². The van der Waals surface area contributed by atoms with Crippen LogP contribution in [0, 0.1) is 0 Å². The van der Waals surface area contributed by atoms with Gasteiger partial charge in [-0.15, -0.1) is 0 Å². The van der Waals surface area contributed by atoms with Gasteiger partial charge in [0.15, 0.2) is 0 Å². The maximum atomic E-state index is 5.61. The van der Waals surface area contributed by atoms with Crippen molar-refractivity contribution >= 4 is 0 Å². The molecule has 0 amide bonds. The van der Waals surface area contributed by atoms with Crippen LogP contribution in [0.5, 0.6) is 0 Å². The van der Waals surface area contributed by atoms with Crippen molar-refractivity contribution in [2.45, 2.75) is 19.0 Å². The van der Waals surface area contributed by atoms with Crippen LogP contribution in [0.1, 0.15) is 35.9 Å². The standard InChI is InChI=1S/C18H18N2O/c1-14(16-9-5-11-19-13-16)20-18(17-10-6-12-21-17)15-7-3-2-4-8-15/h2-14,18,20H,1H3/t14-,18?/m1/s1. The van der Waals surface area contributed by atoms with Gasteiger partial charge in [-0.2, -0.15) is 0 Å². The minimum absolute atomic E-state index is 0.0245. The predicted octanol–water partition coefficient (Wildman–Crippen LogP) is 4.11. The first-order chi connectivity index (χ1) is 10.3. The fraction of sp³-hybridized carbons (Fsp3) is 0.167. The summed E-state index contributed by atoms with van der Waals surface area (Å²) in [7, 11) is 0. The van der Waals surface area contributed by atoms with Gasteiger partial charge in [-0.3, -0.25) is 10.3 Å². The van der Waals surface area contributed by atoms with E-state index in [1.54, 1.807) is 12.5 Å². The van der Waals surface area contributed by atoms with Gasteiger partial charge in [-0.1, -0.05) is 36.4 Å². The number of benzene rings is 1. The van der Waals surface area contributed by atoms with Gasteiger partial charge in [0.2, 0.25) is 0 Å². The van der Waals surface area contributed by atoms with Crippen LogP contribution in [0.2, 0.25) is 0 Å². The summed E-state index contributed by atoms with van der Waals surface area (Å²) in [6, 6.07) is 18.5. The quantitative estimate of drug-likeness (QED) is 0.763. The highest BCUT2D eigenvalue weighted by molar-refractivity contribution is 5.27. The van der Waals surface area contributed by atoms with E-state index < -0.39 is 0 Å². The fourth-order valence-electron chi connectivity index (χ4n) is 2.42. The summed E-state index contributed by atoms with van der Waals surface area (Å²) in [6.45, 7) is 2.13. The number of hydrogen-bond donors (Lipinski definition) is 1. The first kappa shape index (κ1) is 13.6. The molecular formula is C18H18N2O. The first-order valence-corrected chi connectivity index (χ1v) is 7.09. The van der Waals surface area contributed by atoms with Crippen molar-refractivity contribution in [3.63, 3.8) is 0 Å². The Balaban J connectivity index is 1.87. The highest BCUT2D eigenvalue weighted by atomic mass is 16.3. The van der Waals surface area contributed by atoms with Crippen molar-refractivity contribution < 1.29 is 4.42 Å². The molecule has 3 heteroatoms.